The van der Waals surface area contributed by atoms with Crippen LogP contribution in [0.5, 0.6) is 0 Å². The Bertz CT molecular complexity index is 479. The summed E-state index contributed by atoms with van der Waals surface area (Å²) < 4.78 is 0. The Balaban J connectivity index is 2.02. The SMILES string of the molecule is CON(C)C(=O)[C@H](CC1CCNC1=O)NC(=O)C(N)C1CCCC1. The third-order valence-corrected chi connectivity index (χ3v) is 5.09. The largest absolute Gasteiger partial charge is 0.356 e. The quantitative estimate of drug-likeness (QED) is 0.543. The van der Waals surface area contributed by atoms with E-state index in [-0.39, 0.29) is 36.0 Å². The lowest BCUT2D eigenvalue weighted by Crippen LogP contribution is -2.54. The van der Waals surface area contributed by atoms with Crippen molar-refractivity contribution < 1.29 is 19.2 Å². The van der Waals surface area contributed by atoms with Crippen molar-refractivity contribution in [3.63, 3.8) is 0 Å². The molecule has 0 bridgehead atoms. The maximum atomic E-state index is 12.5. The molecule has 0 spiro atoms. The highest BCUT2D eigenvalue weighted by Gasteiger charge is 2.35. The number of nitrogens with one attached hydrogen (secondary N) is 2. The molecule has 0 radical (unpaired) electrons. The standard InChI is InChI=1S/C16H28N4O4/c1-20(24-2)16(23)12(9-11-7-8-18-14(11)21)19-15(22)13(17)10-5-3-4-6-10/h10-13H,3-9,17H2,1-2H3,(H,18,21)(H,19,22)/t11?,12-,13?/m0/s1. The number of hydroxylamine groups is 2. The van der Waals surface area contributed by atoms with Gasteiger partial charge in [-0.1, -0.05) is 12.8 Å². The van der Waals surface area contributed by atoms with Crippen molar-refractivity contribution in [1.82, 2.24) is 15.7 Å². The van der Waals surface area contributed by atoms with Crippen LogP contribution in [0.3, 0.4) is 0 Å². The van der Waals surface area contributed by atoms with Gasteiger partial charge in [-0.25, -0.2) is 5.06 Å². The molecule has 24 heavy (non-hydrogen) atoms. The predicted octanol–water partition coefficient (Wildman–Crippen LogP) is -0.465. The smallest absolute Gasteiger partial charge is 0.268 e. The van der Waals surface area contributed by atoms with Gasteiger partial charge in [-0.3, -0.25) is 19.2 Å². The third-order valence-electron chi connectivity index (χ3n) is 5.09. The number of nitrogens with zero attached hydrogens (tertiary/aromatic N) is 1. The molecule has 0 aromatic carbocycles. The second-order valence-corrected chi connectivity index (χ2v) is 6.66. The van der Waals surface area contributed by atoms with Gasteiger partial charge in [0, 0.05) is 19.5 Å². The van der Waals surface area contributed by atoms with Crippen LogP contribution in [0.4, 0.5) is 0 Å². The minimum Gasteiger partial charge on any atom is -0.356 e. The average molecular weight is 340 g/mol. The number of carbonyl (C=O) groups is 3. The summed E-state index contributed by atoms with van der Waals surface area (Å²) in [5.74, 6) is -0.919. The summed E-state index contributed by atoms with van der Waals surface area (Å²) >= 11 is 0. The van der Waals surface area contributed by atoms with Gasteiger partial charge in [0.05, 0.1) is 13.2 Å². The van der Waals surface area contributed by atoms with E-state index in [0.717, 1.165) is 30.7 Å². The Kier molecular flexibility index (Phi) is 6.56. The van der Waals surface area contributed by atoms with Crippen LogP contribution >= 0.6 is 0 Å². The van der Waals surface area contributed by atoms with Crippen molar-refractivity contribution in [1.29, 1.82) is 0 Å². The molecular weight excluding hydrogens is 312 g/mol. The van der Waals surface area contributed by atoms with Crippen LogP contribution < -0.4 is 16.4 Å². The number of nitrogens with two attached hydrogens (primary N) is 1. The van der Waals surface area contributed by atoms with Crippen molar-refractivity contribution in [2.45, 2.75) is 50.6 Å². The van der Waals surface area contributed by atoms with Crippen molar-refractivity contribution in [2.75, 3.05) is 20.7 Å². The third kappa shape index (κ3) is 4.45. The van der Waals surface area contributed by atoms with E-state index >= 15 is 0 Å². The van der Waals surface area contributed by atoms with Gasteiger partial charge in [-0.05, 0) is 31.6 Å². The zero-order chi connectivity index (χ0) is 17.7. The minimum absolute atomic E-state index is 0.0813. The van der Waals surface area contributed by atoms with Crippen molar-refractivity contribution in [3.05, 3.63) is 0 Å². The Hall–Kier alpha value is -1.67. The van der Waals surface area contributed by atoms with Crippen LogP contribution in [0.1, 0.15) is 38.5 Å². The van der Waals surface area contributed by atoms with E-state index < -0.39 is 12.1 Å². The first kappa shape index (κ1) is 18.7. The van der Waals surface area contributed by atoms with Gasteiger partial charge in [0.25, 0.3) is 5.91 Å². The van der Waals surface area contributed by atoms with E-state index in [4.69, 9.17) is 10.6 Å². The van der Waals surface area contributed by atoms with Crippen LogP contribution in [0, 0.1) is 11.8 Å². The molecule has 1 saturated carbocycles. The van der Waals surface area contributed by atoms with Gasteiger partial charge in [-0.2, -0.15) is 0 Å². The predicted molar refractivity (Wildman–Crippen MR) is 87.4 cm³/mol. The molecule has 0 aromatic heterocycles. The molecule has 1 heterocycles. The zero-order valence-corrected chi connectivity index (χ0v) is 14.4. The first-order valence-electron chi connectivity index (χ1n) is 8.59. The first-order chi connectivity index (χ1) is 11.4. The molecule has 2 unspecified atom stereocenters. The molecule has 3 amide bonds. The fourth-order valence-corrected chi connectivity index (χ4v) is 3.48. The van der Waals surface area contributed by atoms with E-state index in [9.17, 15) is 14.4 Å². The van der Waals surface area contributed by atoms with Crippen LogP contribution in [0.15, 0.2) is 0 Å². The minimum atomic E-state index is -0.816. The van der Waals surface area contributed by atoms with Crippen LogP contribution in [0.25, 0.3) is 0 Å². The summed E-state index contributed by atoms with van der Waals surface area (Å²) in [5, 5.41) is 6.55. The van der Waals surface area contributed by atoms with Crippen molar-refractivity contribution in [2.24, 2.45) is 17.6 Å². The molecule has 3 atom stereocenters. The lowest BCUT2D eigenvalue weighted by Gasteiger charge is -2.26. The fourth-order valence-electron chi connectivity index (χ4n) is 3.48. The van der Waals surface area contributed by atoms with E-state index in [0.29, 0.717) is 13.0 Å². The number of rotatable bonds is 7. The first-order valence-corrected chi connectivity index (χ1v) is 8.59. The molecule has 2 aliphatic rings. The van der Waals surface area contributed by atoms with Gasteiger partial charge in [0.15, 0.2) is 0 Å². The average Bonchev–Trinajstić information content (AvgIpc) is 3.24. The highest BCUT2D eigenvalue weighted by Crippen LogP contribution is 2.27. The van der Waals surface area contributed by atoms with E-state index in [1.54, 1.807) is 0 Å². The van der Waals surface area contributed by atoms with Crippen LogP contribution in [-0.4, -0.2) is 55.6 Å². The van der Waals surface area contributed by atoms with Crippen molar-refractivity contribution >= 4 is 17.7 Å². The number of hydrogen-bond donors (Lipinski definition) is 3. The summed E-state index contributed by atoms with van der Waals surface area (Å²) in [5.41, 5.74) is 6.07. The number of amides is 3. The van der Waals surface area contributed by atoms with Gasteiger partial charge in [0.1, 0.15) is 6.04 Å². The van der Waals surface area contributed by atoms with E-state index in [2.05, 4.69) is 10.6 Å². The van der Waals surface area contributed by atoms with Crippen LogP contribution in [0.2, 0.25) is 0 Å². The van der Waals surface area contributed by atoms with Crippen LogP contribution in [-0.2, 0) is 19.2 Å². The Morgan fingerprint density at radius 1 is 1.38 bits per heavy atom. The molecule has 136 valence electrons. The lowest BCUT2D eigenvalue weighted by molar-refractivity contribution is -0.172. The molecule has 1 aliphatic carbocycles. The van der Waals surface area contributed by atoms with Gasteiger partial charge in [-0.15, -0.1) is 0 Å². The highest BCUT2D eigenvalue weighted by molar-refractivity contribution is 5.90. The number of likely N-dealkylation sites (N-methyl/N-ethyl adjacent to an activating group) is 1. The summed E-state index contributed by atoms with van der Waals surface area (Å²) in [4.78, 5) is 41.6. The zero-order valence-electron chi connectivity index (χ0n) is 14.4. The van der Waals surface area contributed by atoms with E-state index in [1.165, 1.54) is 14.2 Å². The Morgan fingerprint density at radius 3 is 2.58 bits per heavy atom. The lowest BCUT2D eigenvalue weighted by atomic mass is 9.95. The molecule has 1 aliphatic heterocycles. The van der Waals surface area contributed by atoms with Gasteiger partial charge >= 0.3 is 0 Å². The highest BCUT2D eigenvalue weighted by atomic mass is 16.7. The monoisotopic (exact) mass is 340 g/mol. The molecule has 0 aromatic rings. The maximum absolute atomic E-state index is 12.5. The number of carbonyl (C=O) groups excluding carboxylic acids is 3. The molecule has 8 nitrogen and oxygen atoms in total. The molecule has 2 fully saturated rings. The molecular formula is C16H28N4O4. The normalized spacial score (nSPS) is 23.6. The Labute approximate surface area is 142 Å². The summed E-state index contributed by atoms with van der Waals surface area (Å²) in [6.45, 7) is 0.597. The molecule has 8 heteroatoms. The fraction of sp³-hybridized carbons (Fsp3) is 0.812. The van der Waals surface area contributed by atoms with Gasteiger partial charge in [0.2, 0.25) is 11.8 Å². The molecule has 1 saturated heterocycles. The Morgan fingerprint density at radius 2 is 2.04 bits per heavy atom. The summed E-state index contributed by atoms with van der Waals surface area (Å²) in [6, 6.07) is -1.43. The second-order valence-electron chi connectivity index (χ2n) is 6.66. The molecule has 4 N–H and O–H groups in total. The topological polar surface area (TPSA) is 114 Å². The summed E-state index contributed by atoms with van der Waals surface area (Å²) in [7, 11) is 2.86. The maximum Gasteiger partial charge on any atom is 0.268 e. The molecule has 2 rings (SSSR count). The second kappa shape index (κ2) is 8.43. The van der Waals surface area contributed by atoms with E-state index in [1.807, 2.05) is 0 Å². The summed E-state index contributed by atoms with van der Waals surface area (Å²) in [6.07, 6.45) is 4.96. The number of hydrogen-bond acceptors (Lipinski definition) is 5. The van der Waals surface area contributed by atoms with Crippen molar-refractivity contribution in [3.8, 4) is 0 Å². The van der Waals surface area contributed by atoms with Gasteiger partial charge < -0.3 is 16.4 Å².